The van der Waals surface area contributed by atoms with E-state index in [2.05, 4.69) is 4.90 Å². The van der Waals surface area contributed by atoms with Crippen LogP contribution >= 0.6 is 11.6 Å². The van der Waals surface area contributed by atoms with Crippen molar-refractivity contribution in [3.63, 3.8) is 0 Å². The molecule has 0 atom stereocenters. The molecule has 0 aromatic rings. The maximum absolute atomic E-state index is 5.61. The number of likely N-dealkylation sites (tertiary alicyclic amines) is 1. The third-order valence-electron chi connectivity index (χ3n) is 1.62. The lowest BCUT2D eigenvalue weighted by atomic mass is 10.1. The average Bonchev–Trinajstić information content (AvgIpc) is 1.90. The predicted octanol–water partition coefficient (Wildman–Crippen LogP) is 2.94. The second-order valence-electron chi connectivity index (χ2n) is 2.30. The van der Waals surface area contributed by atoms with Gasteiger partial charge in [0, 0.05) is 0 Å². The molecule has 0 N–H and O–H groups in total. The largest absolute Gasteiger partial charge is 0.290 e. The monoisotopic (exact) mass is 165 g/mol. The summed E-state index contributed by atoms with van der Waals surface area (Å²) in [5.74, 6) is 0. The minimum Gasteiger partial charge on any atom is -0.290 e. The normalized spacial score (nSPS) is 18.9. The molecule has 0 aromatic heterocycles. The van der Waals surface area contributed by atoms with E-state index in [1.807, 2.05) is 0 Å². The summed E-state index contributed by atoms with van der Waals surface area (Å²) >= 11 is 5.61. The lowest BCUT2D eigenvalue weighted by molar-refractivity contribution is 0.264. The van der Waals surface area contributed by atoms with Crippen molar-refractivity contribution in [3.05, 3.63) is 0 Å². The van der Waals surface area contributed by atoms with Gasteiger partial charge in [0.15, 0.2) is 0 Å². The van der Waals surface area contributed by atoms with Gasteiger partial charge >= 0.3 is 0 Å². The van der Waals surface area contributed by atoms with E-state index in [4.69, 9.17) is 11.6 Å². The van der Waals surface area contributed by atoms with Gasteiger partial charge in [-0.1, -0.05) is 21.3 Å². The van der Waals surface area contributed by atoms with Crippen LogP contribution in [0.1, 0.15) is 34.1 Å². The van der Waals surface area contributed by atoms with Crippen molar-refractivity contribution in [2.24, 2.45) is 0 Å². The third-order valence-corrected chi connectivity index (χ3v) is 1.96. The van der Waals surface area contributed by atoms with Crippen LogP contribution in [0.5, 0.6) is 0 Å². The van der Waals surface area contributed by atoms with Crippen LogP contribution in [-0.4, -0.2) is 24.0 Å². The average molecular weight is 166 g/mol. The summed E-state index contributed by atoms with van der Waals surface area (Å²) in [7, 11) is 0. The third kappa shape index (κ3) is 4.13. The molecule has 1 aliphatic heterocycles. The number of halogens is 1. The molecule has 2 heteroatoms. The number of rotatable bonds is 1. The quantitative estimate of drug-likeness (QED) is 0.427. The van der Waals surface area contributed by atoms with Crippen LogP contribution in [0, 0.1) is 0 Å². The molecule has 1 saturated heterocycles. The second kappa shape index (κ2) is 7.36. The van der Waals surface area contributed by atoms with Crippen LogP contribution < -0.4 is 0 Å². The van der Waals surface area contributed by atoms with Gasteiger partial charge in [-0.25, -0.2) is 0 Å². The fraction of sp³-hybridized carbons (Fsp3) is 1.00. The van der Waals surface area contributed by atoms with E-state index in [-0.39, 0.29) is 14.9 Å². The van der Waals surface area contributed by atoms with Crippen LogP contribution in [0.15, 0.2) is 0 Å². The fourth-order valence-corrected chi connectivity index (χ4v) is 1.32. The molecule has 0 spiro atoms. The number of nitrogens with zero attached hydrogens (tertiary/aromatic N) is 1. The van der Waals surface area contributed by atoms with Gasteiger partial charge in [-0.2, -0.15) is 0 Å². The molecule has 64 valence electrons. The molecule has 1 aliphatic rings. The van der Waals surface area contributed by atoms with E-state index in [0.29, 0.717) is 0 Å². The molecule has 0 aromatic carbocycles. The zero-order valence-electron chi connectivity index (χ0n) is 5.07. The Kier molecular flexibility index (Phi) is 9.48. The molecule has 0 saturated carbocycles. The zero-order chi connectivity index (χ0) is 5.82. The summed E-state index contributed by atoms with van der Waals surface area (Å²) in [6.45, 7) is 2.42. The summed E-state index contributed by atoms with van der Waals surface area (Å²) in [6, 6.07) is 0.722. The lowest BCUT2D eigenvalue weighted by Gasteiger charge is -2.23. The molecular weight excluding hydrogens is 146 g/mol. The van der Waals surface area contributed by atoms with Crippen molar-refractivity contribution in [1.82, 2.24) is 4.90 Å². The summed E-state index contributed by atoms with van der Waals surface area (Å²) in [5.41, 5.74) is 0. The number of piperidine rings is 1. The zero-order valence-corrected chi connectivity index (χ0v) is 5.82. The molecule has 0 aliphatic carbocycles. The van der Waals surface area contributed by atoms with Crippen LogP contribution in [0.2, 0.25) is 0 Å². The lowest BCUT2D eigenvalue weighted by Crippen LogP contribution is -2.28. The molecule has 0 unspecified atom stereocenters. The highest BCUT2D eigenvalue weighted by Gasteiger charge is 2.06. The summed E-state index contributed by atoms with van der Waals surface area (Å²) in [5, 5.41) is 0. The van der Waals surface area contributed by atoms with E-state index in [1.54, 1.807) is 0 Å². The molecular formula is C8H20ClN. The van der Waals surface area contributed by atoms with E-state index in [0.717, 1.165) is 6.00 Å². The predicted molar refractivity (Wildman–Crippen MR) is 49.6 cm³/mol. The van der Waals surface area contributed by atoms with Crippen molar-refractivity contribution in [3.8, 4) is 0 Å². The van der Waals surface area contributed by atoms with Crippen molar-refractivity contribution >= 4 is 11.6 Å². The van der Waals surface area contributed by atoms with Crippen molar-refractivity contribution < 1.29 is 0 Å². The first-order chi connectivity index (χ1) is 3.93. The SMILES string of the molecule is C.C.ClCN1CCCCC1. The fourth-order valence-electron chi connectivity index (χ4n) is 1.08. The molecule has 0 radical (unpaired) electrons. The Bertz CT molecular complexity index is 60.3. The van der Waals surface area contributed by atoms with E-state index in [9.17, 15) is 0 Å². The summed E-state index contributed by atoms with van der Waals surface area (Å²) in [6.07, 6.45) is 4.08. The number of hydrogen-bond acceptors (Lipinski definition) is 1. The Hall–Kier alpha value is 0.250. The minimum atomic E-state index is 0. The Morgan fingerprint density at radius 2 is 1.50 bits per heavy atom. The van der Waals surface area contributed by atoms with Gasteiger partial charge in [0.1, 0.15) is 0 Å². The van der Waals surface area contributed by atoms with E-state index in [1.165, 1.54) is 32.4 Å². The van der Waals surface area contributed by atoms with Crippen LogP contribution in [0.4, 0.5) is 0 Å². The van der Waals surface area contributed by atoms with Gasteiger partial charge < -0.3 is 0 Å². The van der Waals surface area contributed by atoms with Crippen molar-refractivity contribution in [1.29, 1.82) is 0 Å². The van der Waals surface area contributed by atoms with Gasteiger partial charge in [0.05, 0.1) is 6.00 Å². The van der Waals surface area contributed by atoms with Gasteiger partial charge in [-0.15, -0.1) is 11.6 Å². The van der Waals surface area contributed by atoms with Gasteiger partial charge in [0.2, 0.25) is 0 Å². The number of alkyl halides is 1. The molecule has 1 fully saturated rings. The second-order valence-corrected chi connectivity index (χ2v) is 2.54. The summed E-state index contributed by atoms with van der Waals surface area (Å²) < 4.78 is 0. The highest BCUT2D eigenvalue weighted by molar-refractivity contribution is 6.17. The Morgan fingerprint density at radius 1 is 1.00 bits per heavy atom. The van der Waals surface area contributed by atoms with Crippen molar-refractivity contribution in [2.45, 2.75) is 34.1 Å². The maximum atomic E-state index is 5.61. The number of hydrogen-bond donors (Lipinski definition) is 0. The van der Waals surface area contributed by atoms with Crippen molar-refractivity contribution in [2.75, 3.05) is 19.1 Å². The first kappa shape index (κ1) is 12.9. The van der Waals surface area contributed by atoms with Crippen LogP contribution in [-0.2, 0) is 0 Å². The van der Waals surface area contributed by atoms with Crippen LogP contribution in [0.3, 0.4) is 0 Å². The minimum absolute atomic E-state index is 0. The first-order valence-electron chi connectivity index (χ1n) is 3.22. The molecule has 10 heavy (non-hydrogen) atoms. The highest BCUT2D eigenvalue weighted by Crippen LogP contribution is 2.07. The Labute approximate surface area is 70.4 Å². The first-order valence-corrected chi connectivity index (χ1v) is 3.75. The maximum Gasteiger partial charge on any atom is 0.0738 e. The summed E-state index contributed by atoms with van der Waals surface area (Å²) in [4.78, 5) is 2.28. The Morgan fingerprint density at radius 3 is 1.80 bits per heavy atom. The van der Waals surface area contributed by atoms with Gasteiger partial charge in [-0.05, 0) is 25.9 Å². The molecule has 1 rings (SSSR count). The highest BCUT2D eigenvalue weighted by atomic mass is 35.5. The topological polar surface area (TPSA) is 3.24 Å². The van der Waals surface area contributed by atoms with Crippen LogP contribution in [0.25, 0.3) is 0 Å². The van der Waals surface area contributed by atoms with Gasteiger partial charge in [0.25, 0.3) is 0 Å². The standard InChI is InChI=1S/C6H12ClN.2CH4/c7-6-8-4-2-1-3-5-8;;/h1-6H2;2*1H4. The smallest absolute Gasteiger partial charge is 0.0738 e. The van der Waals surface area contributed by atoms with E-state index >= 15 is 0 Å². The molecule has 1 heterocycles. The van der Waals surface area contributed by atoms with E-state index < -0.39 is 0 Å². The van der Waals surface area contributed by atoms with Gasteiger partial charge in [-0.3, -0.25) is 4.90 Å². The molecule has 0 bridgehead atoms. The Balaban J connectivity index is 0. The molecule has 1 nitrogen and oxygen atoms in total. The molecule has 0 amide bonds.